The standard InChI is InChI=1S/C26H31NO7/c1-5-13-34-19-9-6-8-18(15-19)24(28)22-23(17-10-11-20(32-3)21(16-17)33-4)27(12-7-14-31-2)26(30)25(22)29/h6,8-11,15-16,23,28H,5,7,12-14H2,1-4H3/b24-22+. The van der Waals surface area contributed by atoms with Gasteiger partial charge in [0.05, 0.1) is 32.4 Å². The van der Waals surface area contributed by atoms with E-state index in [2.05, 4.69) is 0 Å². The molecule has 2 aromatic carbocycles. The largest absolute Gasteiger partial charge is 0.507 e. The zero-order valence-electron chi connectivity index (χ0n) is 20.0. The molecule has 2 aromatic rings. The number of methoxy groups -OCH3 is 3. The molecule has 1 fully saturated rings. The summed E-state index contributed by atoms with van der Waals surface area (Å²) < 4.78 is 21.6. The zero-order valence-corrected chi connectivity index (χ0v) is 20.0. The van der Waals surface area contributed by atoms with Crippen LogP contribution >= 0.6 is 0 Å². The number of nitrogens with zero attached hydrogens (tertiary/aromatic N) is 1. The number of Topliss-reactive ketones (excluding diaryl/α,β-unsaturated/α-hetero) is 1. The third-order valence-electron chi connectivity index (χ3n) is 5.59. The highest BCUT2D eigenvalue weighted by Crippen LogP contribution is 2.42. The van der Waals surface area contributed by atoms with Crippen LogP contribution in [0.3, 0.4) is 0 Å². The van der Waals surface area contributed by atoms with Gasteiger partial charge in [-0.2, -0.15) is 0 Å². The van der Waals surface area contributed by atoms with E-state index in [1.165, 1.54) is 19.1 Å². The summed E-state index contributed by atoms with van der Waals surface area (Å²) in [6, 6.07) is 11.2. The van der Waals surface area contributed by atoms with Gasteiger partial charge >= 0.3 is 0 Å². The number of aliphatic hydroxyl groups is 1. The Morgan fingerprint density at radius 1 is 1.00 bits per heavy atom. The van der Waals surface area contributed by atoms with E-state index in [1.54, 1.807) is 49.6 Å². The topological polar surface area (TPSA) is 94.5 Å². The second-order valence-electron chi connectivity index (χ2n) is 7.83. The molecule has 1 heterocycles. The first-order chi connectivity index (χ1) is 16.5. The summed E-state index contributed by atoms with van der Waals surface area (Å²) in [5.41, 5.74) is 1.03. The zero-order chi connectivity index (χ0) is 24.7. The Labute approximate surface area is 199 Å². The van der Waals surface area contributed by atoms with Crippen molar-refractivity contribution in [1.82, 2.24) is 4.90 Å². The van der Waals surface area contributed by atoms with Crippen LogP contribution in [-0.2, 0) is 14.3 Å². The summed E-state index contributed by atoms with van der Waals surface area (Å²) in [6.07, 6.45) is 1.37. The molecule has 1 aliphatic heterocycles. The maximum absolute atomic E-state index is 13.2. The average molecular weight is 470 g/mol. The van der Waals surface area contributed by atoms with Crippen LogP contribution < -0.4 is 14.2 Å². The van der Waals surface area contributed by atoms with E-state index in [1.807, 2.05) is 6.92 Å². The van der Waals surface area contributed by atoms with Crippen molar-refractivity contribution in [1.29, 1.82) is 0 Å². The fraction of sp³-hybridized carbons (Fsp3) is 0.385. The van der Waals surface area contributed by atoms with Gasteiger partial charge in [-0.25, -0.2) is 0 Å². The Balaban J connectivity index is 2.13. The minimum absolute atomic E-state index is 0.0160. The van der Waals surface area contributed by atoms with E-state index in [0.29, 0.717) is 48.0 Å². The molecular formula is C26H31NO7. The molecule has 3 rings (SSSR count). The van der Waals surface area contributed by atoms with Crippen LogP contribution in [0.1, 0.15) is 36.9 Å². The second kappa shape index (κ2) is 11.6. The van der Waals surface area contributed by atoms with Crippen molar-refractivity contribution in [3.63, 3.8) is 0 Å². The van der Waals surface area contributed by atoms with E-state index in [-0.39, 0.29) is 17.9 Å². The Hall–Kier alpha value is -3.52. The molecule has 8 nitrogen and oxygen atoms in total. The first-order valence-corrected chi connectivity index (χ1v) is 11.2. The lowest BCUT2D eigenvalue weighted by molar-refractivity contribution is -0.140. The lowest BCUT2D eigenvalue weighted by Crippen LogP contribution is -2.31. The molecule has 0 radical (unpaired) electrons. The molecule has 182 valence electrons. The highest BCUT2D eigenvalue weighted by molar-refractivity contribution is 6.46. The van der Waals surface area contributed by atoms with Crippen LogP contribution in [0.5, 0.6) is 17.2 Å². The van der Waals surface area contributed by atoms with Crippen LogP contribution in [0, 0.1) is 0 Å². The minimum Gasteiger partial charge on any atom is -0.507 e. The van der Waals surface area contributed by atoms with E-state index in [0.717, 1.165) is 6.42 Å². The van der Waals surface area contributed by atoms with Crippen molar-refractivity contribution in [3.8, 4) is 17.2 Å². The van der Waals surface area contributed by atoms with Gasteiger partial charge in [0.1, 0.15) is 11.5 Å². The van der Waals surface area contributed by atoms with Gasteiger partial charge in [-0.1, -0.05) is 25.1 Å². The average Bonchev–Trinajstić information content (AvgIpc) is 3.11. The number of benzene rings is 2. The molecule has 8 heteroatoms. The van der Waals surface area contributed by atoms with Crippen molar-refractivity contribution in [2.24, 2.45) is 0 Å². The van der Waals surface area contributed by atoms with Crippen LogP contribution in [0.4, 0.5) is 0 Å². The molecule has 0 aromatic heterocycles. The monoisotopic (exact) mass is 469 g/mol. The summed E-state index contributed by atoms with van der Waals surface area (Å²) in [6.45, 7) is 3.24. The molecular weight excluding hydrogens is 438 g/mol. The lowest BCUT2D eigenvalue weighted by Gasteiger charge is -2.26. The molecule has 0 spiro atoms. The Morgan fingerprint density at radius 3 is 2.44 bits per heavy atom. The third kappa shape index (κ3) is 5.17. The van der Waals surface area contributed by atoms with Crippen molar-refractivity contribution >= 4 is 17.4 Å². The summed E-state index contributed by atoms with van der Waals surface area (Å²) >= 11 is 0. The molecule has 34 heavy (non-hydrogen) atoms. The van der Waals surface area contributed by atoms with Crippen LogP contribution in [0.2, 0.25) is 0 Å². The number of aliphatic hydroxyl groups excluding tert-OH is 1. The summed E-state index contributed by atoms with van der Waals surface area (Å²) in [5, 5.41) is 11.3. The number of hydrogen-bond acceptors (Lipinski definition) is 7. The van der Waals surface area contributed by atoms with Crippen molar-refractivity contribution in [2.45, 2.75) is 25.8 Å². The third-order valence-corrected chi connectivity index (χ3v) is 5.59. The van der Waals surface area contributed by atoms with E-state index in [4.69, 9.17) is 18.9 Å². The van der Waals surface area contributed by atoms with Gasteiger partial charge in [0.15, 0.2) is 11.5 Å². The number of hydrogen-bond donors (Lipinski definition) is 1. The molecule has 1 amide bonds. The number of likely N-dealkylation sites (tertiary alicyclic amines) is 1. The van der Waals surface area contributed by atoms with Gasteiger partial charge < -0.3 is 29.0 Å². The maximum atomic E-state index is 13.2. The number of carbonyl (C=O) groups is 2. The molecule has 1 saturated heterocycles. The second-order valence-corrected chi connectivity index (χ2v) is 7.83. The number of ether oxygens (including phenoxy) is 4. The predicted molar refractivity (Wildman–Crippen MR) is 127 cm³/mol. The van der Waals surface area contributed by atoms with Crippen molar-refractivity contribution in [3.05, 3.63) is 59.2 Å². The Morgan fingerprint density at radius 2 is 1.76 bits per heavy atom. The van der Waals surface area contributed by atoms with E-state index in [9.17, 15) is 14.7 Å². The minimum atomic E-state index is -0.795. The lowest BCUT2D eigenvalue weighted by atomic mass is 9.95. The van der Waals surface area contributed by atoms with Crippen molar-refractivity contribution < 1.29 is 33.6 Å². The molecule has 0 saturated carbocycles. The molecule has 0 bridgehead atoms. The summed E-state index contributed by atoms with van der Waals surface area (Å²) in [5.74, 6) is -0.122. The van der Waals surface area contributed by atoms with Crippen LogP contribution in [0.15, 0.2) is 48.0 Å². The van der Waals surface area contributed by atoms with Gasteiger partial charge in [0, 0.05) is 25.8 Å². The first-order valence-electron chi connectivity index (χ1n) is 11.2. The van der Waals surface area contributed by atoms with E-state index >= 15 is 0 Å². The summed E-state index contributed by atoms with van der Waals surface area (Å²) in [4.78, 5) is 27.6. The number of ketones is 1. The smallest absolute Gasteiger partial charge is 0.295 e. The quantitative estimate of drug-likeness (QED) is 0.230. The highest BCUT2D eigenvalue weighted by Gasteiger charge is 2.46. The normalized spacial score (nSPS) is 17.2. The summed E-state index contributed by atoms with van der Waals surface area (Å²) in [7, 11) is 4.62. The Bertz CT molecular complexity index is 1060. The van der Waals surface area contributed by atoms with Gasteiger partial charge in [0.2, 0.25) is 0 Å². The van der Waals surface area contributed by atoms with Gasteiger partial charge in [-0.05, 0) is 42.7 Å². The molecule has 0 aliphatic carbocycles. The Kier molecular flexibility index (Phi) is 8.54. The highest BCUT2D eigenvalue weighted by atomic mass is 16.5. The van der Waals surface area contributed by atoms with E-state index < -0.39 is 17.7 Å². The number of carbonyl (C=O) groups excluding carboxylic acids is 2. The van der Waals surface area contributed by atoms with Gasteiger partial charge in [-0.3, -0.25) is 9.59 Å². The molecule has 1 unspecified atom stereocenters. The number of amides is 1. The van der Waals surface area contributed by atoms with Gasteiger partial charge in [-0.15, -0.1) is 0 Å². The maximum Gasteiger partial charge on any atom is 0.295 e. The molecule has 1 aliphatic rings. The molecule has 1 N–H and O–H groups in total. The van der Waals surface area contributed by atoms with Crippen LogP contribution in [0.25, 0.3) is 5.76 Å². The van der Waals surface area contributed by atoms with Crippen LogP contribution in [-0.4, -0.2) is 62.8 Å². The number of rotatable bonds is 11. The predicted octanol–water partition coefficient (Wildman–Crippen LogP) is 3.95. The molecule has 1 atom stereocenters. The SMILES string of the molecule is CCCOc1cccc(/C(O)=C2\C(=O)C(=O)N(CCCOC)C2c2ccc(OC)c(OC)c2)c1. The first kappa shape index (κ1) is 25.1. The van der Waals surface area contributed by atoms with Gasteiger partial charge in [0.25, 0.3) is 11.7 Å². The van der Waals surface area contributed by atoms with Crippen molar-refractivity contribution in [2.75, 3.05) is 41.1 Å². The fourth-order valence-electron chi connectivity index (χ4n) is 3.97. The fourth-order valence-corrected chi connectivity index (χ4v) is 3.97.